The molecule has 2 aromatic carbocycles. The first-order valence-corrected chi connectivity index (χ1v) is 9.04. The SMILES string of the molecule is CSc1cccc(C2=C3OC(c4ccc(F)c(F)c4)=CC3NC=C2)c1. The largest absolute Gasteiger partial charge is 0.458 e. The Morgan fingerprint density at radius 1 is 1.04 bits per heavy atom. The maximum absolute atomic E-state index is 13.5. The molecule has 1 unspecified atom stereocenters. The number of hydrogen-bond acceptors (Lipinski definition) is 3. The predicted molar refractivity (Wildman–Crippen MR) is 96.6 cm³/mol. The smallest absolute Gasteiger partial charge is 0.159 e. The summed E-state index contributed by atoms with van der Waals surface area (Å²) in [7, 11) is 0. The highest BCUT2D eigenvalue weighted by Crippen LogP contribution is 2.37. The van der Waals surface area contributed by atoms with E-state index in [0.717, 1.165) is 29.0 Å². The Hall–Kier alpha value is -2.53. The van der Waals surface area contributed by atoms with Crippen molar-refractivity contribution in [1.82, 2.24) is 5.32 Å². The van der Waals surface area contributed by atoms with Gasteiger partial charge in [0, 0.05) is 16.0 Å². The van der Waals surface area contributed by atoms with Crippen LogP contribution in [0.4, 0.5) is 8.78 Å². The second kappa shape index (κ2) is 6.41. The number of fused-ring (bicyclic) bond motifs is 1. The highest BCUT2D eigenvalue weighted by atomic mass is 32.2. The average Bonchev–Trinajstić information content (AvgIpc) is 3.08. The summed E-state index contributed by atoms with van der Waals surface area (Å²) in [6, 6.07) is 11.9. The van der Waals surface area contributed by atoms with Crippen LogP contribution in [0.2, 0.25) is 0 Å². The number of thioether (sulfide) groups is 1. The van der Waals surface area contributed by atoms with Gasteiger partial charge in [-0.3, -0.25) is 0 Å². The second-order valence-electron chi connectivity index (χ2n) is 5.75. The summed E-state index contributed by atoms with van der Waals surface area (Å²) in [6.45, 7) is 0. The molecular weight excluding hydrogens is 340 g/mol. The van der Waals surface area contributed by atoms with Crippen molar-refractivity contribution in [3.8, 4) is 0 Å². The molecule has 0 amide bonds. The molecule has 0 saturated heterocycles. The van der Waals surface area contributed by atoms with Crippen molar-refractivity contribution in [3.63, 3.8) is 0 Å². The number of benzene rings is 2. The normalized spacial score (nSPS) is 18.5. The van der Waals surface area contributed by atoms with Gasteiger partial charge in [0.15, 0.2) is 11.6 Å². The number of dihydropyridines is 1. The van der Waals surface area contributed by atoms with Gasteiger partial charge in [-0.25, -0.2) is 8.78 Å². The average molecular weight is 355 g/mol. The van der Waals surface area contributed by atoms with Crippen LogP contribution >= 0.6 is 11.8 Å². The van der Waals surface area contributed by atoms with Crippen molar-refractivity contribution < 1.29 is 13.5 Å². The summed E-state index contributed by atoms with van der Waals surface area (Å²) in [5.41, 5.74) is 2.55. The molecule has 2 aliphatic rings. The Morgan fingerprint density at radius 3 is 2.72 bits per heavy atom. The van der Waals surface area contributed by atoms with Crippen molar-refractivity contribution in [2.75, 3.05) is 6.26 Å². The van der Waals surface area contributed by atoms with Crippen molar-refractivity contribution in [2.24, 2.45) is 0 Å². The van der Waals surface area contributed by atoms with Gasteiger partial charge in [0.1, 0.15) is 17.6 Å². The molecule has 0 aliphatic carbocycles. The lowest BCUT2D eigenvalue weighted by atomic mass is 9.99. The van der Waals surface area contributed by atoms with Gasteiger partial charge in [-0.15, -0.1) is 11.8 Å². The van der Waals surface area contributed by atoms with E-state index in [1.165, 1.54) is 11.0 Å². The van der Waals surface area contributed by atoms with E-state index in [2.05, 4.69) is 17.4 Å². The molecule has 0 spiro atoms. The first-order chi connectivity index (χ1) is 12.2. The van der Waals surface area contributed by atoms with E-state index in [9.17, 15) is 8.78 Å². The van der Waals surface area contributed by atoms with Crippen LogP contribution in [0.15, 0.2) is 71.5 Å². The summed E-state index contributed by atoms with van der Waals surface area (Å²) in [4.78, 5) is 1.17. The van der Waals surface area contributed by atoms with E-state index in [0.29, 0.717) is 11.3 Å². The van der Waals surface area contributed by atoms with E-state index in [1.54, 1.807) is 11.8 Å². The van der Waals surface area contributed by atoms with Gasteiger partial charge in [0.2, 0.25) is 0 Å². The summed E-state index contributed by atoms with van der Waals surface area (Å²) >= 11 is 1.68. The van der Waals surface area contributed by atoms with Gasteiger partial charge < -0.3 is 10.1 Å². The van der Waals surface area contributed by atoms with E-state index in [4.69, 9.17) is 4.74 Å². The maximum Gasteiger partial charge on any atom is 0.159 e. The minimum atomic E-state index is -0.884. The third kappa shape index (κ3) is 2.96. The highest BCUT2D eigenvalue weighted by Gasteiger charge is 2.29. The van der Waals surface area contributed by atoms with Crippen LogP contribution < -0.4 is 5.32 Å². The lowest BCUT2D eigenvalue weighted by molar-refractivity contribution is 0.379. The first-order valence-electron chi connectivity index (χ1n) is 7.82. The summed E-state index contributed by atoms with van der Waals surface area (Å²) in [6.07, 6.45) is 7.76. The topological polar surface area (TPSA) is 21.3 Å². The van der Waals surface area contributed by atoms with Crippen LogP contribution in [-0.4, -0.2) is 12.3 Å². The van der Waals surface area contributed by atoms with Gasteiger partial charge in [-0.2, -0.15) is 0 Å². The van der Waals surface area contributed by atoms with Gasteiger partial charge in [-0.1, -0.05) is 12.1 Å². The standard InChI is InChI=1S/C20H15F2NOS/c1-25-14-4-2-3-12(9-14)15-7-8-23-18-11-19(24-20(15)18)13-5-6-16(21)17(22)10-13/h2-11,18,23H,1H3. The number of nitrogens with one attached hydrogen (secondary N) is 1. The fraction of sp³-hybridized carbons (Fsp3) is 0.100. The zero-order valence-electron chi connectivity index (χ0n) is 13.4. The molecule has 2 heterocycles. The Balaban J connectivity index is 1.72. The van der Waals surface area contributed by atoms with E-state index < -0.39 is 11.6 Å². The molecule has 126 valence electrons. The van der Waals surface area contributed by atoms with Crippen LogP contribution in [0.3, 0.4) is 0 Å². The number of ether oxygens (including phenoxy) is 1. The molecule has 0 aromatic heterocycles. The first kappa shape index (κ1) is 16.0. The fourth-order valence-corrected chi connectivity index (χ4v) is 3.40. The molecule has 5 heteroatoms. The lowest BCUT2D eigenvalue weighted by Crippen LogP contribution is -2.25. The molecule has 2 aromatic rings. The molecule has 0 saturated carbocycles. The minimum absolute atomic E-state index is 0.124. The molecule has 2 nitrogen and oxygen atoms in total. The zero-order valence-corrected chi connectivity index (χ0v) is 14.2. The predicted octanol–water partition coefficient (Wildman–Crippen LogP) is 4.95. The lowest BCUT2D eigenvalue weighted by Gasteiger charge is -2.19. The van der Waals surface area contributed by atoms with Gasteiger partial charge in [0.05, 0.1) is 0 Å². The second-order valence-corrected chi connectivity index (χ2v) is 6.63. The molecule has 0 fully saturated rings. The number of halogens is 2. The molecule has 25 heavy (non-hydrogen) atoms. The fourth-order valence-electron chi connectivity index (χ4n) is 2.94. The molecular formula is C20H15F2NOS. The molecule has 2 aliphatic heterocycles. The van der Waals surface area contributed by atoms with Crippen LogP contribution in [0.5, 0.6) is 0 Å². The summed E-state index contributed by atoms with van der Waals surface area (Å²) in [5.74, 6) is -0.465. The van der Waals surface area contributed by atoms with Crippen LogP contribution in [-0.2, 0) is 4.74 Å². The van der Waals surface area contributed by atoms with E-state index >= 15 is 0 Å². The summed E-state index contributed by atoms with van der Waals surface area (Å²) < 4.78 is 32.7. The number of rotatable bonds is 3. The molecule has 1 N–H and O–H groups in total. The van der Waals surface area contributed by atoms with E-state index in [1.807, 2.05) is 36.7 Å². The van der Waals surface area contributed by atoms with Gasteiger partial charge in [-0.05, 0) is 60.5 Å². The van der Waals surface area contributed by atoms with Crippen LogP contribution in [0, 0.1) is 11.6 Å². The molecule has 1 atom stereocenters. The van der Waals surface area contributed by atoms with E-state index in [-0.39, 0.29) is 6.04 Å². The molecule has 0 bridgehead atoms. The van der Waals surface area contributed by atoms with Crippen molar-refractivity contribution in [1.29, 1.82) is 0 Å². The Kier molecular flexibility index (Phi) is 4.09. The number of hydrogen-bond donors (Lipinski definition) is 1. The monoisotopic (exact) mass is 355 g/mol. The Morgan fingerprint density at radius 2 is 1.92 bits per heavy atom. The minimum Gasteiger partial charge on any atom is -0.458 e. The van der Waals surface area contributed by atoms with Crippen molar-refractivity contribution in [2.45, 2.75) is 10.9 Å². The molecule has 0 radical (unpaired) electrons. The zero-order chi connectivity index (χ0) is 17.4. The summed E-state index contributed by atoms with van der Waals surface area (Å²) in [5, 5.41) is 3.22. The van der Waals surface area contributed by atoms with Crippen molar-refractivity contribution >= 4 is 23.1 Å². The third-order valence-corrected chi connectivity index (χ3v) is 4.92. The molecule has 4 rings (SSSR count). The van der Waals surface area contributed by atoms with Gasteiger partial charge >= 0.3 is 0 Å². The Bertz CT molecular complexity index is 933. The number of allylic oxidation sites excluding steroid dienone is 2. The maximum atomic E-state index is 13.5. The highest BCUT2D eigenvalue weighted by molar-refractivity contribution is 7.98. The van der Waals surface area contributed by atoms with Crippen LogP contribution in [0.25, 0.3) is 11.3 Å². The third-order valence-electron chi connectivity index (χ3n) is 4.20. The quantitative estimate of drug-likeness (QED) is 0.787. The Labute approximate surface area is 148 Å². The van der Waals surface area contributed by atoms with Crippen LogP contribution in [0.1, 0.15) is 11.1 Å². The van der Waals surface area contributed by atoms with Gasteiger partial charge in [0.25, 0.3) is 0 Å². The van der Waals surface area contributed by atoms with Crippen molar-refractivity contribution in [3.05, 3.63) is 89.3 Å².